The lowest BCUT2D eigenvalue weighted by Crippen LogP contribution is -2.11. The van der Waals surface area contributed by atoms with E-state index < -0.39 is 0 Å². The Bertz CT molecular complexity index is 510. The summed E-state index contributed by atoms with van der Waals surface area (Å²) >= 11 is 0. The average molecular weight is 274 g/mol. The number of anilines is 1. The van der Waals surface area contributed by atoms with Gasteiger partial charge in [-0.25, -0.2) is 4.98 Å². The molecule has 0 saturated heterocycles. The highest BCUT2D eigenvalue weighted by Crippen LogP contribution is 2.10. The molecule has 0 fully saturated rings. The van der Waals surface area contributed by atoms with Crippen molar-refractivity contribution < 1.29 is 4.74 Å². The molecule has 2 aromatic rings. The second-order valence-electron chi connectivity index (χ2n) is 4.74. The van der Waals surface area contributed by atoms with Crippen LogP contribution in [0, 0.1) is 6.92 Å². The second-order valence-corrected chi connectivity index (χ2v) is 4.74. The Hall–Kier alpha value is -1.88. The van der Waals surface area contributed by atoms with Gasteiger partial charge in [0.15, 0.2) is 0 Å². The highest BCUT2D eigenvalue weighted by Gasteiger charge is 2.05. The smallest absolute Gasteiger partial charge is 0.203 e. The van der Waals surface area contributed by atoms with Gasteiger partial charge >= 0.3 is 0 Å². The highest BCUT2D eigenvalue weighted by atomic mass is 16.5. The molecule has 0 saturated carbocycles. The Morgan fingerprint density at radius 2 is 2.25 bits per heavy atom. The molecule has 0 aromatic carbocycles. The molecule has 0 aliphatic rings. The van der Waals surface area contributed by atoms with Gasteiger partial charge in [-0.2, -0.15) is 0 Å². The van der Waals surface area contributed by atoms with E-state index in [4.69, 9.17) is 4.74 Å². The third-order valence-corrected chi connectivity index (χ3v) is 3.04. The van der Waals surface area contributed by atoms with Crippen LogP contribution < -0.4 is 5.32 Å². The van der Waals surface area contributed by atoms with Crippen molar-refractivity contribution in [2.45, 2.75) is 26.3 Å². The fourth-order valence-electron chi connectivity index (χ4n) is 2.06. The van der Waals surface area contributed by atoms with Gasteiger partial charge in [0.05, 0.1) is 5.69 Å². The normalized spacial score (nSPS) is 10.7. The zero-order valence-corrected chi connectivity index (χ0v) is 12.2. The summed E-state index contributed by atoms with van der Waals surface area (Å²) < 4.78 is 7.19. The van der Waals surface area contributed by atoms with E-state index in [1.807, 2.05) is 25.3 Å². The number of ether oxygens (including phenoxy) is 1. The van der Waals surface area contributed by atoms with Gasteiger partial charge in [0.2, 0.25) is 5.95 Å². The predicted octanol–water partition coefficient (Wildman–Crippen LogP) is 2.28. The first-order valence-corrected chi connectivity index (χ1v) is 6.96. The first-order valence-electron chi connectivity index (χ1n) is 6.96. The molecule has 5 nitrogen and oxygen atoms in total. The predicted molar refractivity (Wildman–Crippen MR) is 79.9 cm³/mol. The summed E-state index contributed by atoms with van der Waals surface area (Å²) in [6, 6.07) is 6.01. The quantitative estimate of drug-likeness (QED) is 0.750. The lowest BCUT2D eigenvalue weighted by molar-refractivity contribution is 0.197. The third-order valence-electron chi connectivity index (χ3n) is 3.04. The maximum Gasteiger partial charge on any atom is 0.203 e. The zero-order valence-electron chi connectivity index (χ0n) is 12.2. The molecule has 5 heteroatoms. The molecule has 20 heavy (non-hydrogen) atoms. The minimum Gasteiger partial charge on any atom is -0.385 e. The number of nitrogens with zero attached hydrogens (tertiary/aromatic N) is 3. The van der Waals surface area contributed by atoms with Crippen LogP contribution in [0.5, 0.6) is 0 Å². The molecule has 2 rings (SSSR count). The number of hydrogen-bond acceptors (Lipinski definition) is 4. The lowest BCUT2D eigenvalue weighted by Gasteiger charge is -2.09. The lowest BCUT2D eigenvalue weighted by atomic mass is 10.3. The van der Waals surface area contributed by atoms with Crippen molar-refractivity contribution in [3.8, 4) is 0 Å². The largest absolute Gasteiger partial charge is 0.385 e. The van der Waals surface area contributed by atoms with Crippen molar-refractivity contribution in [2.24, 2.45) is 0 Å². The first-order chi connectivity index (χ1) is 9.79. The molecule has 1 N–H and O–H groups in total. The molecule has 0 aliphatic carbocycles. The fraction of sp³-hybridized carbons (Fsp3) is 0.467. The SMILES string of the molecule is COCCCNc1nc(C)cn1CCc1ccccn1. The molecule has 2 aromatic heterocycles. The van der Waals surface area contributed by atoms with Gasteiger partial charge in [-0.1, -0.05) is 6.07 Å². The van der Waals surface area contributed by atoms with Crippen LogP contribution in [0.25, 0.3) is 0 Å². The Balaban J connectivity index is 1.90. The monoisotopic (exact) mass is 274 g/mol. The Morgan fingerprint density at radius 3 is 3.00 bits per heavy atom. The van der Waals surface area contributed by atoms with Crippen LogP contribution in [0.15, 0.2) is 30.6 Å². The summed E-state index contributed by atoms with van der Waals surface area (Å²) in [5, 5.41) is 3.36. The Morgan fingerprint density at radius 1 is 1.35 bits per heavy atom. The number of imidazole rings is 1. The molecule has 2 heterocycles. The van der Waals surface area contributed by atoms with E-state index in [1.165, 1.54) is 0 Å². The average Bonchev–Trinajstić information content (AvgIpc) is 2.83. The number of aromatic nitrogens is 3. The maximum absolute atomic E-state index is 5.05. The third kappa shape index (κ3) is 4.35. The summed E-state index contributed by atoms with van der Waals surface area (Å²) in [7, 11) is 1.72. The van der Waals surface area contributed by atoms with Crippen molar-refractivity contribution in [1.29, 1.82) is 0 Å². The summed E-state index contributed by atoms with van der Waals surface area (Å²) in [6.45, 7) is 4.52. The first kappa shape index (κ1) is 14.5. The van der Waals surface area contributed by atoms with E-state index in [1.54, 1.807) is 7.11 Å². The summed E-state index contributed by atoms with van der Waals surface area (Å²) in [5.74, 6) is 0.925. The second kappa shape index (κ2) is 7.65. The van der Waals surface area contributed by atoms with Gasteiger partial charge in [-0.05, 0) is 25.5 Å². The van der Waals surface area contributed by atoms with Gasteiger partial charge < -0.3 is 14.6 Å². The highest BCUT2D eigenvalue weighted by molar-refractivity contribution is 5.28. The summed E-state index contributed by atoms with van der Waals surface area (Å²) in [5.41, 5.74) is 2.13. The van der Waals surface area contributed by atoms with E-state index in [0.29, 0.717) is 0 Å². The molecule has 0 atom stereocenters. The molecule has 0 unspecified atom stereocenters. The van der Waals surface area contributed by atoms with Crippen molar-refractivity contribution in [3.63, 3.8) is 0 Å². The van der Waals surface area contributed by atoms with Gasteiger partial charge in [-0.3, -0.25) is 4.98 Å². The van der Waals surface area contributed by atoms with E-state index in [9.17, 15) is 0 Å². The molecular weight excluding hydrogens is 252 g/mol. The number of nitrogens with one attached hydrogen (secondary N) is 1. The zero-order chi connectivity index (χ0) is 14.2. The molecular formula is C15H22N4O. The van der Waals surface area contributed by atoms with Crippen molar-refractivity contribution in [1.82, 2.24) is 14.5 Å². The maximum atomic E-state index is 5.05. The van der Waals surface area contributed by atoms with E-state index in [-0.39, 0.29) is 0 Å². The minimum absolute atomic E-state index is 0.765. The van der Waals surface area contributed by atoms with Gasteiger partial charge in [0.1, 0.15) is 0 Å². The molecule has 0 aliphatic heterocycles. The molecule has 0 spiro atoms. The molecule has 0 bridgehead atoms. The van der Waals surface area contributed by atoms with Gasteiger partial charge in [0, 0.05) is 51.3 Å². The van der Waals surface area contributed by atoms with Gasteiger partial charge in [0.25, 0.3) is 0 Å². The number of methoxy groups -OCH3 is 1. The molecule has 0 amide bonds. The van der Waals surface area contributed by atoms with Crippen molar-refractivity contribution in [2.75, 3.05) is 25.6 Å². The van der Waals surface area contributed by atoms with Crippen LogP contribution in [0.4, 0.5) is 5.95 Å². The van der Waals surface area contributed by atoms with E-state index in [2.05, 4.69) is 32.1 Å². The Labute approximate surface area is 120 Å². The van der Waals surface area contributed by atoms with E-state index in [0.717, 1.165) is 49.9 Å². The standard InChI is InChI=1S/C15H22N4O/c1-13-12-19(10-7-14-6-3-4-8-16-14)15(18-13)17-9-5-11-20-2/h3-4,6,8,12H,5,7,9-11H2,1-2H3,(H,17,18). The van der Waals surface area contributed by atoms with Crippen molar-refractivity contribution >= 4 is 5.95 Å². The summed E-state index contributed by atoms with van der Waals surface area (Å²) in [6.07, 6.45) is 5.78. The van der Waals surface area contributed by atoms with Crippen LogP contribution >= 0.6 is 0 Å². The van der Waals surface area contributed by atoms with Crippen molar-refractivity contribution in [3.05, 3.63) is 42.0 Å². The number of hydrogen-bond donors (Lipinski definition) is 1. The van der Waals surface area contributed by atoms with E-state index >= 15 is 0 Å². The van der Waals surface area contributed by atoms with Crippen LogP contribution in [0.1, 0.15) is 17.8 Å². The Kier molecular flexibility index (Phi) is 5.55. The molecule has 108 valence electrons. The topological polar surface area (TPSA) is 52.0 Å². The van der Waals surface area contributed by atoms with Gasteiger partial charge in [-0.15, -0.1) is 0 Å². The molecule has 0 radical (unpaired) electrons. The van der Waals surface area contributed by atoms with Crippen LogP contribution in [0.3, 0.4) is 0 Å². The van der Waals surface area contributed by atoms with Crippen LogP contribution in [0.2, 0.25) is 0 Å². The fourth-order valence-corrected chi connectivity index (χ4v) is 2.06. The van der Waals surface area contributed by atoms with Crippen LogP contribution in [-0.4, -0.2) is 34.8 Å². The number of aryl methyl sites for hydroxylation is 3. The minimum atomic E-state index is 0.765. The van der Waals surface area contributed by atoms with Crippen LogP contribution in [-0.2, 0) is 17.7 Å². The number of pyridine rings is 1. The summed E-state index contributed by atoms with van der Waals surface area (Å²) in [4.78, 5) is 8.86. The number of rotatable bonds is 8.